The van der Waals surface area contributed by atoms with Gasteiger partial charge in [0.1, 0.15) is 12.7 Å². The van der Waals surface area contributed by atoms with Gasteiger partial charge in [0.25, 0.3) is 0 Å². The SMILES string of the molecule is O=C(NCc1ccc(N2CCCC2=O)cc1)C(CF)Nc1nnc(Cl)nc1Cl. The van der Waals surface area contributed by atoms with E-state index in [1.165, 1.54) is 0 Å². The van der Waals surface area contributed by atoms with E-state index in [-0.39, 0.29) is 28.7 Å². The normalized spacial score (nSPS) is 14.8. The Bertz CT molecular complexity index is 867. The number of rotatable bonds is 7. The van der Waals surface area contributed by atoms with Crippen LogP contribution in [0.3, 0.4) is 0 Å². The minimum Gasteiger partial charge on any atom is -0.352 e. The molecular weight excluding hydrogens is 410 g/mol. The van der Waals surface area contributed by atoms with Crippen LogP contribution in [-0.4, -0.2) is 46.3 Å². The Morgan fingerprint density at radius 3 is 2.61 bits per heavy atom. The number of anilines is 2. The molecular formula is C17H17Cl2FN6O2. The molecule has 28 heavy (non-hydrogen) atoms. The highest BCUT2D eigenvalue weighted by atomic mass is 35.5. The first-order valence-corrected chi connectivity index (χ1v) is 9.28. The van der Waals surface area contributed by atoms with Crippen molar-refractivity contribution in [3.05, 3.63) is 40.3 Å². The number of nitrogens with one attached hydrogen (secondary N) is 2. The molecule has 1 aliphatic rings. The second kappa shape index (κ2) is 9.11. The Balaban J connectivity index is 1.56. The Labute approximate surface area is 170 Å². The number of amides is 2. The van der Waals surface area contributed by atoms with Crippen molar-refractivity contribution in [3.63, 3.8) is 0 Å². The number of hydrogen-bond donors (Lipinski definition) is 2. The van der Waals surface area contributed by atoms with Gasteiger partial charge in [0.2, 0.25) is 17.1 Å². The molecule has 1 unspecified atom stereocenters. The maximum Gasteiger partial charge on any atom is 0.245 e. The van der Waals surface area contributed by atoms with E-state index in [4.69, 9.17) is 23.2 Å². The molecule has 8 nitrogen and oxygen atoms in total. The van der Waals surface area contributed by atoms with E-state index in [2.05, 4.69) is 25.8 Å². The smallest absolute Gasteiger partial charge is 0.245 e. The zero-order valence-electron chi connectivity index (χ0n) is 14.7. The quantitative estimate of drug-likeness (QED) is 0.704. The highest BCUT2D eigenvalue weighted by Gasteiger charge is 2.22. The third-order valence-corrected chi connectivity index (χ3v) is 4.61. The van der Waals surface area contributed by atoms with E-state index in [0.717, 1.165) is 17.7 Å². The van der Waals surface area contributed by atoms with Gasteiger partial charge in [-0.25, -0.2) is 9.37 Å². The minimum absolute atomic E-state index is 0.0384. The first-order chi connectivity index (χ1) is 13.5. The number of alkyl halides is 1. The lowest BCUT2D eigenvalue weighted by molar-refractivity contribution is -0.122. The third kappa shape index (κ3) is 4.85. The Morgan fingerprint density at radius 1 is 1.25 bits per heavy atom. The Kier molecular flexibility index (Phi) is 6.58. The van der Waals surface area contributed by atoms with Crippen LogP contribution in [0.25, 0.3) is 0 Å². The average molecular weight is 427 g/mol. The van der Waals surface area contributed by atoms with Gasteiger partial charge in [-0.1, -0.05) is 23.7 Å². The van der Waals surface area contributed by atoms with E-state index in [1.54, 1.807) is 4.90 Å². The molecule has 1 aromatic carbocycles. The summed E-state index contributed by atoms with van der Waals surface area (Å²) in [6.07, 6.45) is 1.42. The summed E-state index contributed by atoms with van der Waals surface area (Å²) < 4.78 is 13.3. The molecule has 11 heteroatoms. The van der Waals surface area contributed by atoms with Crippen LogP contribution >= 0.6 is 23.2 Å². The van der Waals surface area contributed by atoms with Gasteiger partial charge in [0.05, 0.1) is 0 Å². The van der Waals surface area contributed by atoms with E-state index in [0.29, 0.717) is 13.0 Å². The lowest BCUT2D eigenvalue weighted by Crippen LogP contribution is -2.41. The molecule has 0 radical (unpaired) electrons. The van der Waals surface area contributed by atoms with Gasteiger partial charge in [0, 0.05) is 25.2 Å². The zero-order valence-corrected chi connectivity index (χ0v) is 16.2. The summed E-state index contributed by atoms with van der Waals surface area (Å²) in [4.78, 5) is 29.4. The molecule has 0 aliphatic carbocycles. The highest BCUT2D eigenvalue weighted by molar-refractivity contribution is 6.33. The monoisotopic (exact) mass is 426 g/mol. The zero-order chi connectivity index (χ0) is 20.1. The van der Waals surface area contributed by atoms with Crippen molar-refractivity contribution in [1.82, 2.24) is 20.5 Å². The van der Waals surface area contributed by atoms with Crippen LogP contribution in [0.4, 0.5) is 15.9 Å². The molecule has 0 bridgehead atoms. The maximum atomic E-state index is 13.3. The van der Waals surface area contributed by atoms with Gasteiger partial charge < -0.3 is 15.5 Å². The van der Waals surface area contributed by atoms with Gasteiger partial charge in [-0.3, -0.25) is 9.59 Å². The summed E-state index contributed by atoms with van der Waals surface area (Å²) in [5.41, 5.74) is 1.64. The molecule has 1 aromatic heterocycles. The van der Waals surface area contributed by atoms with Crippen molar-refractivity contribution in [2.75, 3.05) is 23.4 Å². The lowest BCUT2D eigenvalue weighted by Gasteiger charge is -2.17. The Morgan fingerprint density at radius 2 is 2.00 bits per heavy atom. The van der Waals surface area contributed by atoms with Crippen LogP contribution in [0.2, 0.25) is 10.4 Å². The molecule has 1 fully saturated rings. The van der Waals surface area contributed by atoms with Gasteiger partial charge >= 0.3 is 0 Å². The average Bonchev–Trinajstić information content (AvgIpc) is 3.12. The minimum atomic E-state index is -1.21. The van der Waals surface area contributed by atoms with Gasteiger partial charge in [-0.15, -0.1) is 10.2 Å². The molecule has 2 heterocycles. The standard InChI is InChI=1S/C17H17Cl2FN6O2/c18-14-15(24-25-17(19)23-14)22-12(8-20)16(28)21-9-10-3-5-11(6-4-10)26-7-1-2-13(26)27/h3-6,12H,1-2,7-9H2,(H,21,28)(H,22,24). The maximum absolute atomic E-state index is 13.3. The largest absolute Gasteiger partial charge is 0.352 e. The van der Waals surface area contributed by atoms with Gasteiger partial charge in [0.15, 0.2) is 11.0 Å². The van der Waals surface area contributed by atoms with Crippen LogP contribution in [0.1, 0.15) is 18.4 Å². The van der Waals surface area contributed by atoms with Crippen molar-refractivity contribution < 1.29 is 14.0 Å². The number of carbonyl (C=O) groups is 2. The van der Waals surface area contributed by atoms with Crippen molar-refractivity contribution in [2.24, 2.45) is 0 Å². The number of nitrogens with zero attached hydrogens (tertiary/aromatic N) is 4. The summed E-state index contributed by atoms with van der Waals surface area (Å²) in [5.74, 6) is -0.506. The molecule has 2 N–H and O–H groups in total. The molecule has 3 rings (SSSR count). The molecule has 1 aliphatic heterocycles. The summed E-state index contributed by atoms with van der Waals surface area (Å²) >= 11 is 11.4. The van der Waals surface area contributed by atoms with E-state index in [1.807, 2.05) is 24.3 Å². The first kappa shape index (κ1) is 20.2. The summed E-state index contributed by atoms with van der Waals surface area (Å²) in [7, 11) is 0. The van der Waals surface area contributed by atoms with E-state index in [9.17, 15) is 14.0 Å². The fraction of sp³-hybridized carbons (Fsp3) is 0.353. The third-order valence-electron chi connectivity index (χ3n) is 4.19. The van der Waals surface area contributed by atoms with Crippen molar-refractivity contribution in [3.8, 4) is 0 Å². The fourth-order valence-corrected chi connectivity index (χ4v) is 3.08. The molecule has 148 valence electrons. The molecule has 0 saturated carbocycles. The van der Waals surface area contributed by atoms with Crippen molar-refractivity contribution in [1.29, 1.82) is 0 Å². The van der Waals surface area contributed by atoms with Crippen molar-refractivity contribution in [2.45, 2.75) is 25.4 Å². The summed E-state index contributed by atoms with van der Waals surface area (Å²) in [6, 6.07) is 6.06. The fourth-order valence-electron chi connectivity index (χ4n) is 2.74. The van der Waals surface area contributed by atoms with Crippen LogP contribution in [0, 0.1) is 0 Å². The molecule has 2 aromatic rings. The predicted octanol–water partition coefficient (Wildman–Crippen LogP) is 2.37. The topological polar surface area (TPSA) is 100 Å². The summed E-state index contributed by atoms with van der Waals surface area (Å²) in [6.45, 7) is -0.0736. The second-order valence-electron chi connectivity index (χ2n) is 6.10. The van der Waals surface area contributed by atoms with Crippen LogP contribution in [-0.2, 0) is 16.1 Å². The number of benzene rings is 1. The van der Waals surface area contributed by atoms with Crippen LogP contribution < -0.4 is 15.5 Å². The molecule has 1 atom stereocenters. The highest BCUT2D eigenvalue weighted by Crippen LogP contribution is 2.21. The lowest BCUT2D eigenvalue weighted by atomic mass is 10.2. The van der Waals surface area contributed by atoms with E-state index < -0.39 is 18.6 Å². The molecule has 0 spiro atoms. The predicted molar refractivity (Wildman–Crippen MR) is 103 cm³/mol. The molecule has 2 amide bonds. The number of carbonyl (C=O) groups excluding carboxylic acids is 2. The summed E-state index contributed by atoms with van der Waals surface area (Å²) in [5, 5.41) is 12.1. The second-order valence-corrected chi connectivity index (χ2v) is 6.80. The van der Waals surface area contributed by atoms with E-state index >= 15 is 0 Å². The number of aromatic nitrogens is 3. The Hall–Kier alpha value is -2.52. The molecule has 1 saturated heterocycles. The van der Waals surface area contributed by atoms with Gasteiger partial charge in [-0.05, 0) is 35.7 Å². The number of hydrogen-bond acceptors (Lipinski definition) is 6. The van der Waals surface area contributed by atoms with Crippen LogP contribution in [0.15, 0.2) is 24.3 Å². The first-order valence-electron chi connectivity index (χ1n) is 8.53. The van der Waals surface area contributed by atoms with Gasteiger partial charge in [-0.2, -0.15) is 0 Å². The number of halogens is 3. The van der Waals surface area contributed by atoms with Crippen molar-refractivity contribution >= 4 is 46.5 Å². The van der Waals surface area contributed by atoms with Crippen LogP contribution in [0.5, 0.6) is 0 Å².